The molecule has 0 saturated heterocycles. The summed E-state index contributed by atoms with van der Waals surface area (Å²) in [6, 6.07) is 4.52. The maximum atomic E-state index is 12.3. The van der Waals surface area contributed by atoms with E-state index in [9.17, 15) is 13.6 Å². The predicted molar refractivity (Wildman–Crippen MR) is 75.3 cm³/mol. The van der Waals surface area contributed by atoms with Crippen molar-refractivity contribution < 1.29 is 23.0 Å². The third-order valence-corrected chi connectivity index (χ3v) is 2.79. The summed E-state index contributed by atoms with van der Waals surface area (Å²) < 4.78 is 35.2. The maximum absolute atomic E-state index is 12.3. The molecule has 0 saturated carbocycles. The van der Waals surface area contributed by atoms with Crippen LogP contribution in [0.1, 0.15) is 6.92 Å². The first-order valence-corrected chi connectivity index (χ1v) is 6.52. The lowest BCUT2D eigenvalue weighted by Gasteiger charge is -2.08. The van der Waals surface area contributed by atoms with E-state index in [2.05, 4.69) is 9.84 Å². The number of halogens is 2. The van der Waals surface area contributed by atoms with E-state index in [0.717, 1.165) is 0 Å². The van der Waals surface area contributed by atoms with E-state index < -0.39 is 12.6 Å². The Labute approximate surface area is 125 Å². The van der Waals surface area contributed by atoms with Crippen LogP contribution in [0.15, 0.2) is 30.6 Å². The average Bonchev–Trinajstić information content (AvgIpc) is 2.89. The largest absolute Gasteiger partial charge is 0.465 e. The van der Waals surface area contributed by atoms with Gasteiger partial charge >= 0.3 is 12.6 Å². The minimum absolute atomic E-state index is 0.0246. The van der Waals surface area contributed by atoms with E-state index in [4.69, 9.17) is 10.5 Å². The van der Waals surface area contributed by atoms with Crippen molar-refractivity contribution in [3.63, 3.8) is 0 Å². The molecule has 1 heterocycles. The molecule has 118 valence electrons. The number of rotatable bonds is 6. The fourth-order valence-corrected chi connectivity index (χ4v) is 1.85. The second-order valence-electron chi connectivity index (χ2n) is 4.36. The Kier molecular flexibility index (Phi) is 4.92. The number of benzene rings is 1. The van der Waals surface area contributed by atoms with Crippen LogP contribution in [-0.4, -0.2) is 29.0 Å². The Morgan fingerprint density at radius 2 is 2.18 bits per heavy atom. The van der Waals surface area contributed by atoms with Crippen LogP contribution >= 0.6 is 0 Å². The van der Waals surface area contributed by atoms with Gasteiger partial charge in [-0.15, -0.1) is 0 Å². The topological polar surface area (TPSA) is 79.4 Å². The smallest absolute Gasteiger partial charge is 0.387 e. The molecular formula is C14H15F2N3O3. The van der Waals surface area contributed by atoms with Gasteiger partial charge in [-0.2, -0.15) is 13.9 Å². The summed E-state index contributed by atoms with van der Waals surface area (Å²) in [4.78, 5) is 11.4. The van der Waals surface area contributed by atoms with E-state index in [0.29, 0.717) is 17.7 Å². The van der Waals surface area contributed by atoms with Gasteiger partial charge in [0.2, 0.25) is 0 Å². The molecule has 6 nitrogen and oxygen atoms in total. The molecule has 0 spiro atoms. The number of hydrogen-bond acceptors (Lipinski definition) is 5. The molecule has 2 rings (SSSR count). The molecule has 2 N–H and O–H groups in total. The van der Waals surface area contributed by atoms with Crippen LogP contribution in [0.25, 0.3) is 11.1 Å². The molecule has 0 aliphatic rings. The molecule has 22 heavy (non-hydrogen) atoms. The van der Waals surface area contributed by atoms with Gasteiger partial charge in [0.25, 0.3) is 0 Å². The Balaban J connectivity index is 2.18. The second kappa shape index (κ2) is 6.88. The number of anilines is 1. The van der Waals surface area contributed by atoms with Crippen LogP contribution in [0.2, 0.25) is 0 Å². The van der Waals surface area contributed by atoms with Crippen molar-refractivity contribution >= 4 is 11.7 Å². The summed E-state index contributed by atoms with van der Waals surface area (Å²) in [5, 5.41) is 4.02. The molecule has 0 aliphatic heterocycles. The SMILES string of the molecule is CCOC(=O)Cn1cc(-c2ccc(N)c(OC(F)F)c2)cn1. The first kappa shape index (κ1) is 15.7. The Morgan fingerprint density at radius 3 is 2.86 bits per heavy atom. The number of ether oxygens (including phenoxy) is 2. The number of carbonyl (C=O) groups is 1. The van der Waals surface area contributed by atoms with Crippen molar-refractivity contribution in [3.8, 4) is 16.9 Å². The normalized spacial score (nSPS) is 10.7. The summed E-state index contributed by atoms with van der Waals surface area (Å²) >= 11 is 0. The summed E-state index contributed by atoms with van der Waals surface area (Å²) in [5.74, 6) is -0.512. The molecule has 2 aromatic rings. The molecule has 0 atom stereocenters. The first-order valence-electron chi connectivity index (χ1n) is 6.52. The van der Waals surface area contributed by atoms with Gasteiger partial charge in [-0.1, -0.05) is 6.07 Å². The van der Waals surface area contributed by atoms with Crippen molar-refractivity contribution in [3.05, 3.63) is 30.6 Å². The van der Waals surface area contributed by atoms with E-state index >= 15 is 0 Å². The molecular weight excluding hydrogens is 296 g/mol. The molecule has 8 heteroatoms. The maximum Gasteiger partial charge on any atom is 0.387 e. The van der Waals surface area contributed by atoms with Crippen LogP contribution in [-0.2, 0) is 16.1 Å². The predicted octanol–water partition coefficient (Wildman–Crippen LogP) is 2.30. The molecule has 0 amide bonds. The number of aromatic nitrogens is 2. The molecule has 1 aromatic carbocycles. The highest BCUT2D eigenvalue weighted by molar-refractivity contribution is 5.71. The zero-order chi connectivity index (χ0) is 16.1. The molecule has 0 bridgehead atoms. The Morgan fingerprint density at radius 1 is 1.41 bits per heavy atom. The second-order valence-corrected chi connectivity index (χ2v) is 4.36. The zero-order valence-electron chi connectivity index (χ0n) is 11.8. The van der Waals surface area contributed by atoms with Crippen LogP contribution in [0.5, 0.6) is 5.75 Å². The van der Waals surface area contributed by atoms with Gasteiger partial charge < -0.3 is 15.2 Å². The van der Waals surface area contributed by atoms with E-state index in [1.807, 2.05) is 0 Å². The fraction of sp³-hybridized carbons (Fsp3) is 0.286. The van der Waals surface area contributed by atoms with E-state index in [1.165, 1.54) is 23.0 Å². The van der Waals surface area contributed by atoms with E-state index in [-0.39, 0.29) is 18.0 Å². The standard InChI is InChI=1S/C14H15F2N3O3/c1-2-21-13(20)8-19-7-10(6-18-19)9-3-4-11(17)12(5-9)22-14(15)16/h3-7,14H,2,8,17H2,1H3. The first-order chi connectivity index (χ1) is 10.5. The van der Waals surface area contributed by atoms with Gasteiger partial charge in [-0.05, 0) is 24.6 Å². The van der Waals surface area contributed by atoms with Crippen LogP contribution < -0.4 is 10.5 Å². The van der Waals surface area contributed by atoms with Gasteiger partial charge in [0.15, 0.2) is 0 Å². The highest BCUT2D eigenvalue weighted by Gasteiger charge is 2.11. The van der Waals surface area contributed by atoms with Crippen molar-refractivity contribution in [1.82, 2.24) is 9.78 Å². The molecule has 0 aliphatic carbocycles. The molecule has 0 unspecified atom stereocenters. The van der Waals surface area contributed by atoms with Gasteiger partial charge in [0.1, 0.15) is 12.3 Å². The molecule has 1 aromatic heterocycles. The number of carbonyl (C=O) groups excluding carboxylic acids is 1. The summed E-state index contributed by atoms with van der Waals surface area (Å²) in [5.41, 5.74) is 6.93. The van der Waals surface area contributed by atoms with Gasteiger partial charge in [-0.3, -0.25) is 9.48 Å². The van der Waals surface area contributed by atoms with Gasteiger partial charge in [0.05, 0.1) is 18.5 Å². The van der Waals surface area contributed by atoms with Crippen molar-refractivity contribution in [1.29, 1.82) is 0 Å². The average molecular weight is 311 g/mol. The minimum atomic E-state index is -2.95. The quantitative estimate of drug-likeness (QED) is 0.654. The van der Waals surface area contributed by atoms with Crippen LogP contribution in [0.3, 0.4) is 0 Å². The molecule has 0 radical (unpaired) electrons. The number of nitrogens with two attached hydrogens (primary N) is 1. The van der Waals surface area contributed by atoms with Crippen molar-refractivity contribution in [2.75, 3.05) is 12.3 Å². The third kappa shape index (κ3) is 3.94. The lowest BCUT2D eigenvalue weighted by atomic mass is 10.1. The van der Waals surface area contributed by atoms with Crippen molar-refractivity contribution in [2.24, 2.45) is 0 Å². The van der Waals surface area contributed by atoms with Gasteiger partial charge in [0, 0.05) is 11.8 Å². The van der Waals surface area contributed by atoms with Crippen LogP contribution in [0, 0.1) is 0 Å². The zero-order valence-corrected chi connectivity index (χ0v) is 11.8. The Bertz CT molecular complexity index is 659. The summed E-state index contributed by atoms with van der Waals surface area (Å²) in [6.07, 6.45) is 3.12. The summed E-state index contributed by atoms with van der Waals surface area (Å²) in [6.45, 7) is -0.975. The number of esters is 1. The molecule has 0 fully saturated rings. The fourth-order valence-electron chi connectivity index (χ4n) is 1.85. The van der Waals surface area contributed by atoms with E-state index in [1.54, 1.807) is 19.2 Å². The van der Waals surface area contributed by atoms with Crippen molar-refractivity contribution in [2.45, 2.75) is 20.1 Å². The van der Waals surface area contributed by atoms with Gasteiger partial charge in [-0.25, -0.2) is 0 Å². The number of hydrogen-bond donors (Lipinski definition) is 1. The third-order valence-electron chi connectivity index (χ3n) is 2.79. The highest BCUT2D eigenvalue weighted by atomic mass is 19.3. The minimum Gasteiger partial charge on any atom is -0.465 e. The van der Waals surface area contributed by atoms with Crippen LogP contribution in [0.4, 0.5) is 14.5 Å². The summed E-state index contributed by atoms with van der Waals surface area (Å²) in [7, 11) is 0. The number of alkyl halides is 2. The number of nitrogens with zero attached hydrogens (tertiary/aromatic N) is 2. The highest BCUT2D eigenvalue weighted by Crippen LogP contribution is 2.29. The lowest BCUT2D eigenvalue weighted by Crippen LogP contribution is -2.13. The number of nitrogen functional groups attached to an aromatic ring is 1. The lowest BCUT2D eigenvalue weighted by molar-refractivity contribution is -0.144. The monoisotopic (exact) mass is 311 g/mol. The Hall–Kier alpha value is -2.64.